The molecule has 0 saturated heterocycles. The summed E-state index contributed by atoms with van der Waals surface area (Å²) in [4.78, 5) is 11.8. The molecule has 0 bridgehead atoms. The Balaban J connectivity index is 2.19. The van der Waals surface area contributed by atoms with Crippen molar-refractivity contribution in [2.24, 2.45) is 0 Å². The number of amides is 1. The Bertz CT molecular complexity index is 438. The van der Waals surface area contributed by atoms with Crippen molar-refractivity contribution in [3.8, 4) is 0 Å². The Labute approximate surface area is 130 Å². The number of unbranched alkanes of at least 4 members (excludes halogenated alkanes) is 1. The maximum Gasteiger partial charge on any atom is 0.224 e. The molecule has 0 fully saturated rings. The summed E-state index contributed by atoms with van der Waals surface area (Å²) in [5, 5.41) is 3.15. The molecule has 0 spiro atoms. The van der Waals surface area contributed by atoms with Gasteiger partial charge in [0.1, 0.15) is 0 Å². The van der Waals surface area contributed by atoms with Crippen LogP contribution in [0.4, 0.5) is 5.69 Å². The van der Waals surface area contributed by atoms with Crippen LogP contribution in [-0.4, -0.2) is 20.8 Å². The number of nitrogens with one attached hydrogen (secondary N) is 1. The fraction of sp³-hybridized carbons (Fsp3) is 0.588. The van der Waals surface area contributed by atoms with Crippen molar-refractivity contribution < 1.29 is 9.22 Å². The van der Waals surface area contributed by atoms with Crippen molar-refractivity contribution in [2.75, 3.05) is 11.9 Å². The first-order chi connectivity index (χ1) is 9.72. The average Bonchev–Trinajstić information content (AvgIpc) is 2.38. The molecule has 3 nitrogen and oxygen atoms in total. The Morgan fingerprint density at radius 2 is 1.76 bits per heavy atom. The van der Waals surface area contributed by atoms with Crippen molar-refractivity contribution in [3.63, 3.8) is 0 Å². The van der Waals surface area contributed by atoms with Crippen LogP contribution in [0.2, 0.25) is 18.1 Å². The minimum absolute atomic E-state index is 0.0773. The van der Waals surface area contributed by atoms with E-state index < -0.39 is 8.32 Å². The smallest absolute Gasteiger partial charge is 0.224 e. The van der Waals surface area contributed by atoms with Crippen molar-refractivity contribution >= 4 is 19.9 Å². The number of carbonyl (C=O) groups is 1. The van der Waals surface area contributed by atoms with E-state index in [1.807, 2.05) is 30.3 Å². The summed E-state index contributed by atoms with van der Waals surface area (Å²) in [6.45, 7) is 12.0. The van der Waals surface area contributed by atoms with Gasteiger partial charge in [0.05, 0.1) is 0 Å². The van der Waals surface area contributed by atoms with E-state index in [1.165, 1.54) is 0 Å². The molecular weight excluding hydrogens is 278 g/mol. The van der Waals surface area contributed by atoms with E-state index in [0.717, 1.165) is 25.1 Å². The lowest BCUT2D eigenvalue weighted by atomic mass is 10.2. The largest absolute Gasteiger partial charge is 0.417 e. The van der Waals surface area contributed by atoms with Crippen LogP contribution >= 0.6 is 0 Å². The number of carbonyl (C=O) groups excluding carboxylic acids is 1. The summed E-state index contributed by atoms with van der Waals surface area (Å²) < 4.78 is 6.10. The molecule has 0 saturated carbocycles. The number of hydrogen-bond acceptors (Lipinski definition) is 2. The quantitative estimate of drug-likeness (QED) is 0.579. The highest BCUT2D eigenvalue weighted by molar-refractivity contribution is 6.74. The number of rotatable bonds is 7. The van der Waals surface area contributed by atoms with E-state index in [4.69, 9.17) is 4.43 Å². The second-order valence-electron chi connectivity index (χ2n) is 6.98. The molecule has 0 unspecified atom stereocenters. The SMILES string of the molecule is CC(C)(C)[Si](C)(C)OCCCCC(=O)Nc1ccccc1. The summed E-state index contributed by atoms with van der Waals surface area (Å²) in [7, 11) is -1.64. The highest BCUT2D eigenvalue weighted by Gasteiger charge is 2.36. The monoisotopic (exact) mass is 307 g/mol. The Kier molecular flexibility index (Phi) is 6.62. The molecule has 0 aliphatic heterocycles. The molecule has 0 aliphatic rings. The Morgan fingerprint density at radius 1 is 1.14 bits per heavy atom. The first-order valence-corrected chi connectivity index (χ1v) is 10.6. The second kappa shape index (κ2) is 7.76. The van der Waals surface area contributed by atoms with Crippen LogP contribution in [0.25, 0.3) is 0 Å². The normalized spacial score (nSPS) is 12.2. The van der Waals surface area contributed by atoms with Gasteiger partial charge in [-0.15, -0.1) is 0 Å². The molecule has 0 aliphatic carbocycles. The van der Waals surface area contributed by atoms with Crippen LogP contribution in [0, 0.1) is 0 Å². The zero-order valence-electron chi connectivity index (χ0n) is 14.0. The summed E-state index contributed by atoms with van der Waals surface area (Å²) in [6, 6.07) is 9.58. The molecule has 1 aromatic rings. The van der Waals surface area contributed by atoms with E-state index in [0.29, 0.717) is 6.42 Å². The zero-order valence-corrected chi connectivity index (χ0v) is 15.0. The van der Waals surface area contributed by atoms with Gasteiger partial charge in [0.2, 0.25) is 5.91 Å². The maximum absolute atomic E-state index is 11.8. The molecule has 0 aromatic heterocycles. The van der Waals surface area contributed by atoms with Crippen LogP contribution < -0.4 is 5.32 Å². The van der Waals surface area contributed by atoms with Crippen LogP contribution in [0.15, 0.2) is 30.3 Å². The predicted octanol–water partition coefficient (Wildman–Crippen LogP) is 4.82. The minimum Gasteiger partial charge on any atom is -0.417 e. The molecule has 1 amide bonds. The van der Waals surface area contributed by atoms with Gasteiger partial charge in [0.25, 0.3) is 0 Å². The second-order valence-corrected chi connectivity index (χ2v) is 11.8. The molecule has 0 atom stereocenters. The van der Waals surface area contributed by atoms with Crippen molar-refractivity contribution in [3.05, 3.63) is 30.3 Å². The third kappa shape index (κ3) is 6.44. The van der Waals surface area contributed by atoms with Gasteiger partial charge in [-0.25, -0.2) is 0 Å². The molecule has 118 valence electrons. The van der Waals surface area contributed by atoms with Crippen molar-refractivity contribution in [1.82, 2.24) is 0 Å². The van der Waals surface area contributed by atoms with E-state index in [2.05, 4.69) is 39.2 Å². The fourth-order valence-corrected chi connectivity index (χ4v) is 2.76. The van der Waals surface area contributed by atoms with Crippen LogP contribution in [0.3, 0.4) is 0 Å². The van der Waals surface area contributed by atoms with Crippen LogP contribution in [0.1, 0.15) is 40.0 Å². The molecule has 4 heteroatoms. The zero-order chi connectivity index (χ0) is 15.9. The third-order valence-corrected chi connectivity index (χ3v) is 8.66. The van der Waals surface area contributed by atoms with Gasteiger partial charge in [0.15, 0.2) is 8.32 Å². The van der Waals surface area contributed by atoms with E-state index in [1.54, 1.807) is 0 Å². The summed E-state index contributed by atoms with van der Waals surface area (Å²) in [6.07, 6.45) is 2.36. The average molecular weight is 308 g/mol. The van der Waals surface area contributed by atoms with Crippen molar-refractivity contribution in [2.45, 2.75) is 58.2 Å². The highest BCUT2D eigenvalue weighted by atomic mass is 28.4. The van der Waals surface area contributed by atoms with E-state index in [-0.39, 0.29) is 10.9 Å². The lowest BCUT2D eigenvalue weighted by Gasteiger charge is -2.36. The Hall–Kier alpha value is -1.13. The number of hydrogen-bond donors (Lipinski definition) is 1. The topological polar surface area (TPSA) is 38.3 Å². The van der Waals surface area contributed by atoms with Gasteiger partial charge in [-0.3, -0.25) is 4.79 Å². The number of benzene rings is 1. The molecule has 1 aromatic carbocycles. The van der Waals surface area contributed by atoms with Gasteiger partial charge in [0, 0.05) is 18.7 Å². The highest BCUT2D eigenvalue weighted by Crippen LogP contribution is 2.36. The third-order valence-electron chi connectivity index (χ3n) is 4.12. The lowest BCUT2D eigenvalue weighted by Crippen LogP contribution is -2.40. The van der Waals surface area contributed by atoms with E-state index >= 15 is 0 Å². The maximum atomic E-state index is 11.8. The Morgan fingerprint density at radius 3 is 2.33 bits per heavy atom. The summed E-state index contributed by atoms with van der Waals surface area (Å²) in [5.41, 5.74) is 0.861. The van der Waals surface area contributed by atoms with Crippen LogP contribution in [-0.2, 0) is 9.22 Å². The van der Waals surface area contributed by atoms with Crippen molar-refractivity contribution in [1.29, 1.82) is 0 Å². The fourth-order valence-electron chi connectivity index (χ4n) is 1.68. The first kappa shape index (κ1) is 17.9. The first-order valence-electron chi connectivity index (χ1n) is 7.71. The number of anilines is 1. The molecule has 21 heavy (non-hydrogen) atoms. The molecule has 0 heterocycles. The van der Waals surface area contributed by atoms with Gasteiger partial charge >= 0.3 is 0 Å². The van der Waals surface area contributed by atoms with Gasteiger partial charge in [-0.1, -0.05) is 39.0 Å². The van der Waals surface area contributed by atoms with Gasteiger partial charge < -0.3 is 9.74 Å². The van der Waals surface area contributed by atoms with Crippen LogP contribution in [0.5, 0.6) is 0 Å². The lowest BCUT2D eigenvalue weighted by molar-refractivity contribution is -0.116. The predicted molar refractivity (Wildman–Crippen MR) is 92.1 cm³/mol. The number of para-hydroxylation sites is 1. The molecule has 0 radical (unpaired) electrons. The van der Waals surface area contributed by atoms with Gasteiger partial charge in [-0.05, 0) is 43.1 Å². The molecule has 1 N–H and O–H groups in total. The standard InChI is InChI=1S/C17H29NO2Si/c1-17(2,3)21(4,5)20-14-10-9-13-16(19)18-15-11-7-6-8-12-15/h6-8,11-12H,9-10,13-14H2,1-5H3,(H,18,19). The summed E-state index contributed by atoms with van der Waals surface area (Å²) in [5.74, 6) is 0.0773. The molecular formula is C17H29NO2Si. The molecule has 1 rings (SSSR count). The summed E-state index contributed by atoms with van der Waals surface area (Å²) >= 11 is 0. The van der Waals surface area contributed by atoms with Gasteiger partial charge in [-0.2, -0.15) is 0 Å². The van der Waals surface area contributed by atoms with E-state index in [9.17, 15) is 4.79 Å². The minimum atomic E-state index is -1.64.